The van der Waals surface area contributed by atoms with Gasteiger partial charge < -0.3 is 15.7 Å². The molecule has 0 rings (SSSR count). The Morgan fingerprint density at radius 3 is 2.11 bits per heavy atom. The van der Waals surface area contributed by atoms with Gasteiger partial charge in [-0.15, -0.1) is 11.8 Å². The normalized spacial score (nSPS) is 15.0. The molecule has 0 saturated carbocycles. The van der Waals surface area contributed by atoms with E-state index in [1.165, 1.54) is 11.8 Å². The minimum atomic E-state index is -1.05. The molecule has 0 spiro atoms. The van der Waals surface area contributed by atoms with Gasteiger partial charge in [-0.25, -0.2) is 0 Å². The maximum atomic E-state index is 12.1. The molecule has 0 aromatic heterocycles. The average molecular weight is 276 g/mol. The summed E-state index contributed by atoms with van der Waals surface area (Å²) >= 11 is 1.31. The first-order valence-corrected chi connectivity index (χ1v) is 7.00. The number of nitrogens with two attached hydrogens (primary N) is 1. The minimum Gasteiger partial charge on any atom is -0.480 e. The molecule has 1 unspecified atom stereocenters. The third-order valence-electron chi connectivity index (χ3n) is 2.92. The summed E-state index contributed by atoms with van der Waals surface area (Å²) in [5.41, 5.74) is 5.64. The number of nitrogens with zero attached hydrogens (tertiary/aromatic N) is 1. The Labute approximate surface area is 113 Å². The van der Waals surface area contributed by atoms with Crippen LogP contribution in [-0.2, 0) is 9.59 Å². The van der Waals surface area contributed by atoms with Crippen LogP contribution in [-0.4, -0.2) is 51.0 Å². The van der Waals surface area contributed by atoms with Crippen LogP contribution < -0.4 is 5.73 Å². The van der Waals surface area contributed by atoms with Crippen molar-refractivity contribution in [3.63, 3.8) is 0 Å². The highest BCUT2D eigenvalue weighted by atomic mass is 32.2. The number of carboxylic acids is 1. The molecule has 6 heteroatoms. The maximum Gasteiger partial charge on any atom is 0.321 e. The molecule has 18 heavy (non-hydrogen) atoms. The Balaban J connectivity index is 4.69. The fraction of sp³-hybridized carbons (Fsp3) is 0.833. The predicted molar refractivity (Wildman–Crippen MR) is 74.7 cm³/mol. The third kappa shape index (κ3) is 4.49. The topological polar surface area (TPSA) is 83.6 Å². The molecule has 3 N–H and O–H groups in total. The van der Waals surface area contributed by atoms with Crippen molar-refractivity contribution < 1.29 is 14.7 Å². The average Bonchev–Trinajstić information content (AvgIpc) is 2.28. The second-order valence-electron chi connectivity index (χ2n) is 4.69. The molecule has 0 radical (unpaired) electrons. The molecule has 0 heterocycles. The fourth-order valence-electron chi connectivity index (χ4n) is 1.67. The van der Waals surface area contributed by atoms with Gasteiger partial charge in [0, 0.05) is 17.8 Å². The molecule has 0 aliphatic rings. The quantitative estimate of drug-likeness (QED) is 0.729. The number of carboxylic acid groups (broad SMARTS) is 1. The molecular weight excluding hydrogens is 252 g/mol. The summed E-state index contributed by atoms with van der Waals surface area (Å²) in [5.74, 6) is -1.02. The van der Waals surface area contributed by atoms with E-state index in [2.05, 4.69) is 0 Å². The van der Waals surface area contributed by atoms with E-state index in [4.69, 9.17) is 10.8 Å². The Hall–Kier alpha value is -0.750. The molecule has 106 valence electrons. The van der Waals surface area contributed by atoms with E-state index in [9.17, 15) is 9.59 Å². The number of aliphatic carboxylic acids is 1. The molecule has 0 aromatic carbocycles. The summed E-state index contributed by atoms with van der Waals surface area (Å²) in [7, 11) is 0. The number of amides is 1. The van der Waals surface area contributed by atoms with Gasteiger partial charge in [0.05, 0.1) is 5.25 Å². The Morgan fingerprint density at radius 2 is 1.78 bits per heavy atom. The molecule has 5 nitrogen and oxygen atoms in total. The van der Waals surface area contributed by atoms with Gasteiger partial charge in [-0.2, -0.15) is 0 Å². The van der Waals surface area contributed by atoms with Gasteiger partial charge in [-0.05, 0) is 34.6 Å². The van der Waals surface area contributed by atoms with Gasteiger partial charge in [0.1, 0.15) is 6.04 Å². The van der Waals surface area contributed by atoms with Crippen molar-refractivity contribution >= 4 is 23.6 Å². The highest BCUT2D eigenvalue weighted by molar-refractivity contribution is 8.02. The molecule has 0 aromatic rings. The summed E-state index contributed by atoms with van der Waals surface area (Å²) in [4.78, 5) is 24.7. The standard InChI is InChI=1S/C12H24N2O3S/c1-6-14(7-2)10(15)8(3)18-12(4,5)9(13)11(16)17/h8-9H,6-7,13H2,1-5H3,(H,16,17)/t8?,9-/m0/s1. The molecular formula is C12H24N2O3S. The van der Waals surface area contributed by atoms with Crippen molar-refractivity contribution in [1.82, 2.24) is 4.90 Å². The lowest BCUT2D eigenvalue weighted by Crippen LogP contribution is -2.49. The zero-order valence-corrected chi connectivity index (χ0v) is 12.6. The molecule has 0 bridgehead atoms. The Kier molecular flexibility index (Phi) is 6.70. The van der Waals surface area contributed by atoms with Gasteiger partial charge in [-0.3, -0.25) is 9.59 Å². The van der Waals surface area contributed by atoms with Gasteiger partial charge in [0.15, 0.2) is 0 Å². The van der Waals surface area contributed by atoms with E-state index < -0.39 is 16.8 Å². The lowest BCUT2D eigenvalue weighted by Gasteiger charge is -2.32. The molecule has 0 fully saturated rings. The van der Waals surface area contributed by atoms with Crippen molar-refractivity contribution in [3.05, 3.63) is 0 Å². The van der Waals surface area contributed by atoms with Crippen molar-refractivity contribution in [2.75, 3.05) is 13.1 Å². The summed E-state index contributed by atoms with van der Waals surface area (Å²) < 4.78 is -0.686. The zero-order chi connectivity index (χ0) is 14.5. The second kappa shape index (κ2) is 6.99. The van der Waals surface area contributed by atoms with Crippen molar-refractivity contribution in [2.45, 2.75) is 50.7 Å². The number of rotatable bonds is 7. The van der Waals surface area contributed by atoms with Gasteiger partial charge >= 0.3 is 5.97 Å². The minimum absolute atomic E-state index is 0.0238. The summed E-state index contributed by atoms with van der Waals surface area (Å²) in [6, 6.07) is -0.991. The molecule has 0 aliphatic carbocycles. The number of carbonyl (C=O) groups is 2. The van der Waals surface area contributed by atoms with E-state index in [-0.39, 0.29) is 11.2 Å². The largest absolute Gasteiger partial charge is 0.480 e. The Bertz CT molecular complexity index is 304. The zero-order valence-electron chi connectivity index (χ0n) is 11.8. The van der Waals surface area contributed by atoms with Crippen molar-refractivity contribution in [2.24, 2.45) is 5.73 Å². The van der Waals surface area contributed by atoms with E-state index in [1.807, 2.05) is 13.8 Å². The van der Waals surface area contributed by atoms with Gasteiger partial charge in [-0.1, -0.05) is 0 Å². The lowest BCUT2D eigenvalue weighted by molar-refractivity contribution is -0.139. The van der Waals surface area contributed by atoms with Crippen LogP contribution in [0.5, 0.6) is 0 Å². The highest BCUT2D eigenvalue weighted by Gasteiger charge is 2.36. The lowest BCUT2D eigenvalue weighted by atomic mass is 10.1. The van der Waals surface area contributed by atoms with Gasteiger partial charge in [0.2, 0.25) is 5.91 Å². The summed E-state index contributed by atoms with van der Waals surface area (Å²) in [6.07, 6.45) is 0. The van der Waals surface area contributed by atoms with Crippen LogP contribution in [0.15, 0.2) is 0 Å². The van der Waals surface area contributed by atoms with E-state index >= 15 is 0 Å². The van der Waals surface area contributed by atoms with Crippen LogP contribution in [0.2, 0.25) is 0 Å². The van der Waals surface area contributed by atoms with Crippen LogP contribution in [0.4, 0.5) is 0 Å². The van der Waals surface area contributed by atoms with Crippen molar-refractivity contribution in [1.29, 1.82) is 0 Å². The number of hydrogen-bond acceptors (Lipinski definition) is 4. The molecule has 0 aliphatic heterocycles. The van der Waals surface area contributed by atoms with Crippen LogP contribution in [0, 0.1) is 0 Å². The predicted octanol–water partition coefficient (Wildman–Crippen LogP) is 1.17. The van der Waals surface area contributed by atoms with Crippen LogP contribution >= 0.6 is 11.8 Å². The smallest absolute Gasteiger partial charge is 0.321 e. The monoisotopic (exact) mass is 276 g/mol. The third-order valence-corrected chi connectivity index (χ3v) is 4.34. The fourth-order valence-corrected chi connectivity index (χ4v) is 3.08. The van der Waals surface area contributed by atoms with Crippen LogP contribution in [0.25, 0.3) is 0 Å². The maximum absolute atomic E-state index is 12.1. The van der Waals surface area contributed by atoms with E-state index in [1.54, 1.807) is 25.7 Å². The van der Waals surface area contributed by atoms with Crippen molar-refractivity contribution in [3.8, 4) is 0 Å². The SMILES string of the molecule is CCN(CC)C(=O)C(C)SC(C)(C)[C@@H](N)C(=O)O. The number of hydrogen-bond donors (Lipinski definition) is 2. The second-order valence-corrected chi connectivity index (χ2v) is 6.68. The summed E-state index contributed by atoms with van der Waals surface area (Å²) in [6.45, 7) is 10.5. The number of carbonyl (C=O) groups excluding carboxylic acids is 1. The van der Waals surface area contributed by atoms with Crippen LogP contribution in [0.1, 0.15) is 34.6 Å². The molecule has 2 atom stereocenters. The first kappa shape index (κ1) is 17.2. The Morgan fingerprint density at radius 1 is 1.33 bits per heavy atom. The first-order valence-electron chi connectivity index (χ1n) is 6.12. The molecule has 1 amide bonds. The van der Waals surface area contributed by atoms with Crippen LogP contribution in [0.3, 0.4) is 0 Å². The van der Waals surface area contributed by atoms with Gasteiger partial charge in [0.25, 0.3) is 0 Å². The van der Waals surface area contributed by atoms with E-state index in [0.717, 1.165) is 0 Å². The highest BCUT2D eigenvalue weighted by Crippen LogP contribution is 2.32. The molecule has 0 saturated heterocycles. The number of thioether (sulfide) groups is 1. The van der Waals surface area contributed by atoms with E-state index in [0.29, 0.717) is 13.1 Å². The summed E-state index contributed by atoms with van der Waals surface area (Å²) in [5, 5.41) is 8.64. The first-order chi connectivity index (χ1) is 8.17.